The van der Waals surface area contributed by atoms with Crippen molar-refractivity contribution < 1.29 is 4.74 Å². The molecule has 0 aliphatic heterocycles. The quantitative estimate of drug-likeness (QED) is 0.663. The molecule has 0 saturated heterocycles. The molecule has 0 spiro atoms. The normalized spacial score (nSPS) is 10.0. The van der Waals surface area contributed by atoms with Gasteiger partial charge in [0, 0.05) is 0 Å². The van der Waals surface area contributed by atoms with Crippen molar-refractivity contribution in [3.8, 4) is 5.75 Å². The Kier molecular flexibility index (Phi) is 3.34. The van der Waals surface area contributed by atoms with Crippen LogP contribution in [0.25, 0.3) is 0 Å². The lowest BCUT2D eigenvalue weighted by Crippen LogP contribution is -1.95. The highest BCUT2D eigenvalue weighted by Gasteiger charge is 2.04. The molecule has 1 heteroatoms. The van der Waals surface area contributed by atoms with Crippen molar-refractivity contribution in [1.82, 2.24) is 0 Å². The number of rotatable bonds is 3. The van der Waals surface area contributed by atoms with Crippen LogP contribution in [-0.2, 0) is 6.42 Å². The summed E-state index contributed by atoms with van der Waals surface area (Å²) < 4.78 is 5.29. The average molecular weight is 190 g/mol. The van der Waals surface area contributed by atoms with Crippen LogP contribution < -0.4 is 4.74 Å². The molecule has 1 aromatic rings. The van der Waals surface area contributed by atoms with Crippen LogP contribution in [0.4, 0.5) is 0 Å². The maximum atomic E-state index is 5.29. The number of hydrogen-bond acceptors (Lipinski definition) is 1. The molecule has 0 radical (unpaired) electrons. The molecule has 76 valence electrons. The monoisotopic (exact) mass is 190 g/mol. The van der Waals surface area contributed by atoms with Crippen LogP contribution in [0, 0.1) is 13.8 Å². The van der Waals surface area contributed by atoms with Crippen LogP contribution in [0.3, 0.4) is 0 Å². The Balaban J connectivity index is 3.10. The summed E-state index contributed by atoms with van der Waals surface area (Å²) in [4.78, 5) is 0. The van der Waals surface area contributed by atoms with E-state index in [-0.39, 0.29) is 0 Å². The summed E-state index contributed by atoms with van der Waals surface area (Å²) in [5.41, 5.74) is 4.99. The summed E-state index contributed by atoms with van der Waals surface area (Å²) in [6, 6.07) is 4.27. The first-order chi connectivity index (χ1) is 6.54. The Morgan fingerprint density at radius 1 is 1.29 bits per heavy atom. The van der Waals surface area contributed by atoms with Crippen molar-refractivity contribution in [1.29, 1.82) is 0 Å². The third kappa shape index (κ3) is 2.38. The summed E-state index contributed by atoms with van der Waals surface area (Å²) >= 11 is 0. The van der Waals surface area contributed by atoms with Gasteiger partial charge >= 0.3 is 0 Å². The van der Waals surface area contributed by atoms with Crippen molar-refractivity contribution >= 4 is 0 Å². The molecule has 0 N–H and O–H groups in total. The molecule has 1 aromatic carbocycles. The van der Waals surface area contributed by atoms with E-state index in [9.17, 15) is 0 Å². The number of aryl methyl sites for hydroxylation is 2. The fourth-order valence-electron chi connectivity index (χ4n) is 1.61. The molecule has 0 amide bonds. The van der Waals surface area contributed by atoms with Crippen molar-refractivity contribution in [2.24, 2.45) is 0 Å². The molecule has 0 aromatic heterocycles. The van der Waals surface area contributed by atoms with E-state index in [1.165, 1.54) is 22.3 Å². The van der Waals surface area contributed by atoms with Gasteiger partial charge in [-0.25, -0.2) is 0 Å². The molecule has 0 aliphatic rings. The van der Waals surface area contributed by atoms with Crippen LogP contribution in [0.1, 0.15) is 23.6 Å². The minimum absolute atomic E-state index is 0.933. The summed E-state index contributed by atoms with van der Waals surface area (Å²) in [5.74, 6) is 0.965. The molecule has 0 bridgehead atoms. The summed E-state index contributed by atoms with van der Waals surface area (Å²) in [6.45, 7) is 10.2. The second-order valence-corrected chi connectivity index (χ2v) is 3.88. The fourth-order valence-corrected chi connectivity index (χ4v) is 1.61. The molecule has 0 heterocycles. The van der Waals surface area contributed by atoms with Gasteiger partial charge in [-0.05, 0) is 49.9 Å². The fraction of sp³-hybridized carbons (Fsp3) is 0.385. The first-order valence-electron chi connectivity index (χ1n) is 4.83. The van der Waals surface area contributed by atoms with Gasteiger partial charge < -0.3 is 4.74 Å². The standard InChI is InChI=1S/C13H18O/c1-9(2)6-12-8-13(14-5)11(4)7-10(12)3/h7-8H,1,6H2,2-5H3. The largest absolute Gasteiger partial charge is 0.496 e. The zero-order valence-corrected chi connectivity index (χ0v) is 9.48. The van der Waals surface area contributed by atoms with E-state index in [0.717, 1.165) is 12.2 Å². The minimum Gasteiger partial charge on any atom is -0.496 e. The summed E-state index contributed by atoms with van der Waals surface area (Å²) in [7, 11) is 1.71. The second kappa shape index (κ2) is 4.32. The Bertz CT molecular complexity index is 350. The van der Waals surface area contributed by atoms with Crippen LogP contribution >= 0.6 is 0 Å². The Morgan fingerprint density at radius 2 is 1.93 bits per heavy atom. The first-order valence-corrected chi connectivity index (χ1v) is 4.83. The highest BCUT2D eigenvalue weighted by molar-refractivity contribution is 5.42. The van der Waals surface area contributed by atoms with Gasteiger partial charge in [-0.1, -0.05) is 18.2 Å². The van der Waals surface area contributed by atoms with Crippen molar-refractivity contribution in [3.05, 3.63) is 41.0 Å². The van der Waals surface area contributed by atoms with Gasteiger partial charge in [0.05, 0.1) is 7.11 Å². The zero-order chi connectivity index (χ0) is 10.7. The van der Waals surface area contributed by atoms with E-state index in [4.69, 9.17) is 4.74 Å². The average Bonchev–Trinajstić information content (AvgIpc) is 2.09. The van der Waals surface area contributed by atoms with Crippen LogP contribution in [0.2, 0.25) is 0 Å². The number of allylic oxidation sites excluding steroid dienone is 1. The van der Waals surface area contributed by atoms with E-state index >= 15 is 0 Å². The third-order valence-corrected chi connectivity index (χ3v) is 2.35. The van der Waals surface area contributed by atoms with Gasteiger partial charge in [-0.15, -0.1) is 0 Å². The number of ether oxygens (including phenoxy) is 1. The molecule has 0 saturated carbocycles. The predicted molar refractivity (Wildman–Crippen MR) is 61.0 cm³/mol. The smallest absolute Gasteiger partial charge is 0.122 e. The van der Waals surface area contributed by atoms with E-state index < -0.39 is 0 Å². The Morgan fingerprint density at radius 3 is 2.43 bits per heavy atom. The maximum Gasteiger partial charge on any atom is 0.122 e. The zero-order valence-electron chi connectivity index (χ0n) is 9.48. The second-order valence-electron chi connectivity index (χ2n) is 3.88. The number of benzene rings is 1. The first kappa shape index (κ1) is 10.8. The summed E-state index contributed by atoms with van der Waals surface area (Å²) in [5, 5.41) is 0. The molecule has 0 atom stereocenters. The van der Waals surface area contributed by atoms with Gasteiger partial charge in [0.25, 0.3) is 0 Å². The molecule has 0 fully saturated rings. The van der Waals surface area contributed by atoms with Gasteiger partial charge in [0.1, 0.15) is 5.75 Å². The van der Waals surface area contributed by atoms with Crippen molar-refractivity contribution in [3.63, 3.8) is 0 Å². The maximum absolute atomic E-state index is 5.29. The van der Waals surface area contributed by atoms with Crippen LogP contribution in [0.15, 0.2) is 24.3 Å². The summed E-state index contributed by atoms with van der Waals surface area (Å²) in [6.07, 6.45) is 0.933. The van der Waals surface area contributed by atoms with Gasteiger partial charge in [-0.3, -0.25) is 0 Å². The predicted octanol–water partition coefficient (Wildman–Crippen LogP) is 3.43. The highest BCUT2D eigenvalue weighted by atomic mass is 16.5. The lowest BCUT2D eigenvalue weighted by Gasteiger charge is -2.11. The molecule has 14 heavy (non-hydrogen) atoms. The lowest BCUT2D eigenvalue weighted by molar-refractivity contribution is 0.411. The van der Waals surface area contributed by atoms with Crippen LogP contribution in [-0.4, -0.2) is 7.11 Å². The van der Waals surface area contributed by atoms with Gasteiger partial charge in [-0.2, -0.15) is 0 Å². The lowest BCUT2D eigenvalue weighted by atomic mass is 9.99. The Labute approximate surface area is 86.4 Å². The number of hydrogen-bond donors (Lipinski definition) is 0. The highest BCUT2D eigenvalue weighted by Crippen LogP contribution is 2.23. The van der Waals surface area contributed by atoms with E-state index in [1.54, 1.807) is 7.11 Å². The van der Waals surface area contributed by atoms with Gasteiger partial charge in [0.2, 0.25) is 0 Å². The molecule has 0 unspecified atom stereocenters. The van der Waals surface area contributed by atoms with E-state index in [0.29, 0.717) is 0 Å². The van der Waals surface area contributed by atoms with E-state index in [2.05, 4.69) is 32.6 Å². The Hall–Kier alpha value is -1.24. The molecular formula is C13H18O. The molecule has 0 aliphatic carbocycles. The SMILES string of the molecule is C=C(C)Cc1cc(OC)c(C)cc1C. The minimum atomic E-state index is 0.933. The molecular weight excluding hydrogens is 172 g/mol. The van der Waals surface area contributed by atoms with Crippen molar-refractivity contribution in [2.75, 3.05) is 7.11 Å². The van der Waals surface area contributed by atoms with Crippen LogP contribution in [0.5, 0.6) is 5.75 Å². The van der Waals surface area contributed by atoms with E-state index in [1.807, 2.05) is 6.92 Å². The number of methoxy groups -OCH3 is 1. The third-order valence-electron chi connectivity index (χ3n) is 2.35. The molecule has 1 rings (SSSR count). The molecule has 1 nitrogen and oxygen atoms in total. The topological polar surface area (TPSA) is 9.23 Å². The van der Waals surface area contributed by atoms with Crippen molar-refractivity contribution in [2.45, 2.75) is 27.2 Å². The van der Waals surface area contributed by atoms with Gasteiger partial charge in [0.15, 0.2) is 0 Å².